The molecule has 2 aliphatic carbocycles. The normalized spacial score (nSPS) is 26.9. The predicted octanol–water partition coefficient (Wildman–Crippen LogP) is 2.35. The van der Waals surface area contributed by atoms with Crippen LogP contribution in [0.1, 0.15) is 73.5 Å². The van der Waals surface area contributed by atoms with Gasteiger partial charge in [0, 0.05) is 24.1 Å². The van der Waals surface area contributed by atoms with E-state index in [1.54, 1.807) is 0 Å². The van der Waals surface area contributed by atoms with Crippen molar-refractivity contribution in [2.45, 2.75) is 63.4 Å². The minimum Gasteiger partial charge on any atom is -0.393 e. The fourth-order valence-electron chi connectivity index (χ4n) is 3.65. The fourth-order valence-corrected chi connectivity index (χ4v) is 3.65. The highest BCUT2D eigenvalue weighted by Crippen LogP contribution is 2.31. The van der Waals surface area contributed by atoms with Crippen molar-refractivity contribution in [3.63, 3.8) is 0 Å². The van der Waals surface area contributed by atoms with Crippen molar-refractivity contribution in [3.8, 4) is 0 Å². The van der Waals surface area contributed by atoms with E-state index in [1.807, 2.05) is 6.07 Å². The minimum atomic E-state index is -0.262. The van der Waals surface area contributed by atoms with Crippen molar-refractivity contribution in [2.75, 3.05) is 6.54 Å². The van der Waals surface area contributed by atoms with Crippen LogP contribution in [0.5, 0.6) is 0 Å². The van der Waals surface area contributed by atoms with Crippen LogP contribution in [-0.2, 0) is 0 Å². The number of H-pyrrole nitrogens is 1. The number of aliphatic hydroxyl groups is 1. The summed E-state index contributed by atoms with van der Waals surface area (Å²) in [7, 11) is 0. The molecular weight excluding hydrogens is 266 g/mol. The SMILES string of the molecule is O=C(NCC1CCCC1O)c1cc(C2CCCCC2)[nH]n1. The summed E-state index contributed by atoms with van der Waals surface area (Å²) in [6.45, 7) is 0.547. The Morgan fingerprint density at radius 2 is 2.05 bits per heavy atom. The first kappa shape index (κ1) is 14.6. The molecular formula is C16H25N3O2. The second kappa shape index (κ2) is 6.60. The van der Waals surface area contributed by atoms with Crippen LogP contribution in [-0.4, -0.2) is 33.9 Å². The largest absolute Gasteiger partial charge is 0.393 e. The van der Waals surface area contributed by atoms with E-state index in [1.165, 1.54) is 32.1 Å². The zero-order chi connectivity index (χ0) is 14.7. The van der Waals surface area contributed by atoms with Crippen molar-refractivity contribution in [1.82, 2.24) is 15.5 Å². The zero-order valence-electron chi connectivity index (χ0n) is 12.5. The molecule has 0 spiro atoms. The monoisotopic (exact) mass is 291 g/mol. The summed E-state index contributed by atoms with van der Waals surface area (Å²) in [5.74, 6) is 0.600. The maximum Gasteiger partial charge on any atom is 0.271 e. The lowest BCUT2D eigenvalue weighted by Gasteiger charge is -2.19. The number of hydrogen-bond donors (Lipinski definition) is 3. The first-order chi connectivity index (χ1) is 10.2. The van der Waals surface area contributed by atoms with Gasteiger partial charge in [0.25, 0.3) is 5.91 Å². The smallest absolute Gasteiger partial charge is 0.271 e. The summed E-state index contributed by atoms with van der Waals surface area (Å²) in [5, 5.41) is 19.9. The molecule has 116 valence electrons. The molecule has 5 nitrogen and oxygen atoms in total. The van der Waals surface area contributed by atoms with Gasteiger partial charge in [-0.3, -0.25) is 9.89 Å². The number of aromatic nitrogens is 2. The van der Waals surface area contributed by atoms with Crippen molar-refractivity contribution in [2.24, 2.45) is 5.92 Å². The predicted molar refractivity (Wildman–Crippen MR) is 80.1 cm³/mol. The number of carbonyl (C=O) groups is 1. The fraction of sp³-hybridized carbons (Fsp3) is 0.750. The van der Waals surface area contributed by atoms with Gasteiger partial charge in [0.05, 0.1) is 6.10 Å². The lowest BCUT2D eigenvalue weighted by atomic mass is 9.87. The van der Waals surface area contributed by atoms with Crippen LogP contribution in [0.2, 0.25) is 0 Å². The standard InChI is InChI=1S/C16H25N3O2/c20-15-8-4-7-12(15)10-17-16(21)14-9-13(18-19-14)11-5-2-1-3-6-11/h9,11-12,15,20H,1-8,10H2,(H,17,21)(H,18,19). The highest BCUT2D eigenvalue weighted by molar-refractivity contribution is 5.92. The molecule has 0 aliphatic heterocycles. The van der Waals surface area contributed by atoms with Crippen LogP contribution in [0.25, 0.3) is 0 Å². The Kier molecular flexibility index (Phi) is 4.58. The van der Waals surface area contributed by atoms with Gasteiger partial charge < -0.3 is 10.4 Å². The summed E-state index contributed by atoms with van der Waals surface area (Å²) in [4.78, 5) is 12.1. The number of aliphatic hydroxyl groups excluding tert-OH is 1. The number of amides is 1. The number of nitrogens with one attached hydrogen (secondary N) is 2. The molecule has 2 aliphatic rings. The minimum absolute atomic E-state index is 0.132. The molecule has 2 atom stereocenters. The first-order valence-electron chi connectivity index (χ1n) is 8.25. The first-order valence-corrected chi connectivity index (χ1v) is 8.25. The lowest BCUT2D eigenvalue weighted by Crippen LogP contribution is -2.32. The molecule has 0 aromatic carbocycles. The molecule has 0 radical (unpaired) electrons. The van der Waals surface area contributed by atoms with Crippen molar-refractivity contribution >= 4 is 5.91 Å². The molecule has 3 N–H and O–H groups in total. The summed E-state index contributed by atoms with van der Waals surface area (Å²) in [5.41, 5.74) is 1.57. The van der Waals surface area contributed by atoms with Crippen LogP contribution < -0.4 is 5.32 Å². The van der Waals surface area contributed by atoms with E-state index in [9.17, 15) is 9.90 Å². The van der Waals surface area contributed by atoms with Gasteiger partial charge in [-0.15, -0.1) is 0 Å². The molecule has 1 aromatic heterocycles. The molecule has 1 amide bonds. The summed E-state index contributed by atoms with van der Waals surface area (Å²) in [6, 6.07) is 1.90. The van der Waals surface area contributed by atoms with Crippen LogP contribution in [0, 0.1) is 5.92 Å². The van der Waals surface area contributed by atoms with Gasteiger partial charge in [-0.1, -0.05) is 25.7 Å². The van der Waals surface area contributed by atoms with E-state index in [2.05, 4.69) is 15.5 Å². The highest BCUT2D eigenvalue weighted by Gasteiger charge is 2.26. The third-order valence-electron chi connectivity index (χ3n) is 5.02. The number of aromatic amines is 1. The maximum atomic E-state index is 12.1. The highest BCUT2D eigenvalue weighted by atomic mass is 16.3. The number of carbonyl (C=O) groups excluding carboxylic acids is 1. The van der Waals surface area contributed by atoms with Gasteiger partial charge >= 0.3 is 0 Å². The molecule has 1 aromatic rings. The van der Waals surface area contributed by atoms with Crippen LogP contribution in [0.3, 0.4) is 0 Å². The Morgan fingerprint density at radius 3 is 2.76 bits per heavy atom. The molecule has 1 heterocycles. The van der Waals surface area contributed by atoms with E-state index < -0.39 is 0 Å². The van der Waals surface area contributed by atoms with Gasteiger partial charge in [-0.05, 0) is 31.7 Å². The van der Waals surface area contributed by atoms with E-state index in [0.29, 0.717) is 18.2 Å². The molecule has 2 unspecified atom stereocenters. The molecule has 2 saturated carbocycles. The van der Waals surface area contributed by atoms with Crippen molar-refractivity contribution in [1.29, 1.82) is 0 Å². The summed E-state index contributed by atoms with van der Waals surface area (Å²) < 4.78 is 0. The number of rotatable bonds is 4. The third-order valence-corrected chi connectivity index (χ3v) is 5.02. The maximum absolute atomic E-state index is 12.1. The van der Waals surface area contributed by atoms with Gasteiger partial charge in [0.2, 0.25) is 0 Å². The van der Waals surface area contributed by atoms with E-state index in [0.717, 1.165) is 25.0 Å². The van der Waals surface area contributed by atoms with E-state index in [-0.39, 0.29) is 17.9 Å². The molecule has 21 heavy (non-hydrogen) atoms. The lowest BCUT2D eigenvalue weighted by molar-refractivity contribution is 0.0912. The van der Waals surface area contributed by atoms with Crippen LogP contribution >= 0.6 is 0 Å². The Morgan fingerprint density at radius 1 is 1.24 bits per heavy atom. The molecule has 2 fully saturated rings. The second-order valence-corrected chi connectivity index (χ2v) is 6.51. The van der Waals surface area contributed by atoms with Gasteiger partial charge in [0.1, 0.15) is 5.69 Å². The van der Waals surface area contributed by atoms with Crippen molar-refractivity contribution < 1.29 is 9.90 Å². The quantitative estimate of drug-likeness (QED) is 0.797. The Balaban J connectivity index is 1.53. The van der Waals surface area contributed by atoms with Gasteiger partial charge in [-0.2, -0.15) is 5.10 Å². The van der Waals surface area contributed by atoms with E-state index in [4.69, 9.17) is 0 Å². The van der Waals surface area contributed by atoms with E-state index >= 15 is 0 Å². The molecule has 5 heteroatoms. The van der Waals surface area contributed by atoms with Crippen molar-refractivity contribution in [3.05, 3.63) is 17.5 Å². The number of hydrogen-bond acceptors (Lipinski definition) is 3. The van der Waals surface area contributed by atoms with Crippen LogP contribution in [0.15, 0.2) is 6.07 Å². The molecule has 0 saturated heterocycles. The molecule has 0 bridgehead atoms. The van der Waals surface area contributed by atoms with Gasteiger partial charge in [0.15, 0.2) is 0 Å². The Bertz CT molecular complexity index is 480. The summed E-state index contributed by atoms with van der Waals surface area (Å²) in [6.07, 6.45) is 8.88. The molecule has 3 rings (SSSR count). The Labute approximate surface area is 125 Å². The Hall–Kier alpha value is -1.36. The zero-order valence-corrected chi connectivity index (χ0v) is 12.5. The number of nitrogens with zero attached hydrogens (tertiary/aromatic N) is 1. The van der Waals surface area contributed by atoms with Crippen LogP contribution in [0.4, 0.5) is 0 Å². The summed E-state index contributed by atoms with van der Waals surface area (Å²) >= 11 is 0. The topological polar surface area (TPSA) is 78.0 Å². The third kappa shape index (κ3) is 3.46. The second-order valence-electron chi connectivity index (χ2n) is 6.51. The average molecular weight is 291 g/mol. The van der Waals surface area contributed by atoms with Gasteiger partial charge in [-0.25, -0.2) is 0 Å². The average Bonchev–Trinajstić information content (AvgIpc) is 3.15.